The van der Waals surface area contributed by atoms with Gasteiger partial charge in [-0.05, 0) is 36.4 Å². The number of hydrogen-bond donors (Lipinski definition) is 0. The van der Waals surface area contributed by atoms with Gasteiger partial charge in [-0.15, -0.1) is 45.3 Å². The molecule has 8 heteroatoms. The second kappa shape index (κ2) is 5.97. The lowest BCUT2D eigenvalue weighted by Crippen LogP contribution is -1.71. The van der Waals surface area contributed by atoms with Gasteiger partial charge in [-0.1, -0.05) is 0 Å². The average Bonchev–Trinajstić information content (AvgIpc) is 3.43. The Morgan fingerprint density at radius 2 is 1.12 bits per heavy atom. The van der Waals surface area contributed by atoms with Crippen molar-refractivity contribution in [2.75, 3.05) is 0 Å². The van der Waals surface area contributed by atoms with Crippen molar-refractivity contribution in [2.45, 2.75) is 0 Å². The molecule has 0 fully saturated rings. The molecule has 0 aliphatic carbocycles. The van der Waals surface area contributed by atoms with Gasteiger partial charge < -0.3 is 0 Å². The molecule has 0 aliphatic rings. The number of nitriles is 2. The summed E-state index contributed by atoms with van der Waals surface area (Å²) in [5, 5.41) is 19.9. The first-order valence-electron chi connectivity index (χ1n) is 7.45. The van der Waals surface area contributed by atoms with Crippen LogP contribution in [0.2, 0.25) is 0 Å². The summed E-state index contributed by atoms with van der Waals surface area (Å²) >= 11 is 6.15. The van der Waals surface area contributed by atoms with Gasteiger partial charge in [-0.25, -0.2) is 9.97 Å². The van der Waals surface area contributed by atoms with Crippen LogP contribution in [0.25, 0.3) is 40.2 Å². The minimum absolute atomic E-state index is 0.694. The van der Waals surface area contributed by atoms with E-state index in [1.54, 1.807) is 22.7 Å². The van der Waals surface area contributed by atoms with Crippen molar-refractivity contribution in [2.24, 2.45) is 0 Å². The maximum absolute atomic E-state index is 9.00. The number of nitrogens with zero attached hydrogens (tertiary/aromatic N) is 4. The minimum Gasteiger partial charge on any atom is -0.235 e. The van der Waals surface area contributed by atoms with Crippen LogP contribution in [0.1, 0.15) is 9.75 Å². The van der Waals surface area contributed by atoms with Crippen LogP contribution in [0, 0.1) is 22.7 Å². The van der Waals surface area contributed by atoms with E-state index in [1.165, 1.54) is 22.7 Å². The SMILES string of the molecule is N#Cc1ccc(-c2nc3cc4sc(-c5ccc(C#N)s5)nc4cc3s2)s1. The van der Waals surface area contributed by atoms with Gasteiger partial charge in [-0.2, -0.15) is 10.5 Å². The summed E-state index contributed by atoms with van der Waals surface area (Å²) in [5.41, 5.74) is 1.90. The fourth-order valence-corrected chi connectivity index (χ4v) is 6.26. The summed E-state index contributed by atoms with van der Waals surface area (Å²) in [4.78, 5) is 12.9. The Morgan fingerprint density at radius 1 is 0.654 bits per heavy atom. The van der Waals surface area contributed by atoms with Crippen LogP contribution in [-0.4, -0.2) is 9.97 Å². The lowest BCUT2D eigenvalue weighted by Gasteiger charge is -1.86. The molecule has 122 valence electrons. The van der Waals surface area contributed by atoms with E-state index in [2.05, 4.69) is 24.3 Å². The third-order valence-corrected chi connectivity index (χ3v) is 8.11. The second-order valence-electron chi connectivity index (χ2n) is 5.38. The van der Waals surface area contributed by atoms with Crippen LogP contribution in [-0.2, 0) is 0 Å². The number of hydrogen-bond acceptors (Lipinski definition) is 8. The van der Waals surface area contributed by atoms with E-state index in [0.29, 0.717) is 9.75 Å². The largest absolute Gasteiger partial charge is 0.235 e. The molecule has 4 nitrogen and oxygen atoms in total. The number of benzene rings is 1. The zero-order chi connectivity index (χ0) is 17.7. The smallest absolute Gasteiger partial charge is 0.134 e. The van der Waals surface area contributed by atoms with E-state index in [1.807, 2.05) is 24.3 Å². The van der Waals surface area contributed by atoms with Gasteiger partial charge in [0.1, 0.15) is 31.9 Å². The molecule has 4 heterocycles. The molecule has 4 aromatic heterocycles. The normalized spacial score (nSPS) is 11.0. The van der Waals surface area contributed by atoms with Gasteiger partial charge in [0, 0.05) is 0 Å². The van der Waals surface area contributed by atoms with Crippen LogP contribution >= 0.6 is 45.3 Å². The third-order valence-electron chi connectivity index (χ3n) is 3.75. The predicted molar refractivity (Wildman–Crippen MR) is 109 cm³/mol. The molecule has 5 rings (SSSR count). The summed E-state index contributed by atoms with van der Waals surface area (Å²) < 4.78 is 2.17. The molecule has 0 aliphatic heterocycles. The van der Waals surface area contributed by atoms with Crippen molar-refractivity contribution in [1.82, 2.24) is 9.97 Å². The topological polar surface area (TPSA) is 73.4 Å². The fraction of sp³-hybridized carbons (Fsp3) is 0. The Labute approximate surface area is 163 Å². The highest BCUT2D eigenvalue weighted by molar-refractivity contribution is 7.27. The van der Waals surface area contributed by atoms with E-state index in [4.69, 9.17) is 20.5 Å². The molecular weight excluding hydrogens is 400 g/mol. The Kier molecular flexibility index (Phi) is 3.59. The Balaban J connectivity index is 1.60. The molecule has 26 heavy (non-hydrogen) atoms. The first-order valence-corrected chi connectivity index (χ1v) is 10.7. The van der Waals surface area contributed by atoms with Crippen molar-refractivity contribution in [3.8, 4) is 31.9 Å². The molecule has 5 aromatic rings. The number of rotatable bonds is 2. The van der Waals surface area contributed by atoms with Crippen LogP contribution < -0.4 is 0 Å². The first-order chi connectivity index (χ1) is 12.7. The Bertz CT molecular complexity index is 1220. The molecule has 1 aromatic carbocycles. The highest BCUT2D eigenvalue weighted by atomic mass is 32.1. The lowest BCUT2D eigenvalue weighted by molar-refractivity contribution is 1.49. The van der Waals surface area contributed by atoms with Gasteiger partial charge in [0.05, 0.1) is 30.2 Å². The van der Waals surface area contributed by atoms with Crippen LogP contribution in [0.15, 0.2) is 36.4 Å². The molecule has 0 radical (unpaired) electrons. The standard InChI is InChI=1S/C18H6N4S4/c19-7-9-1-3-13(23-9)17-21-11-5-16-12(6-15(11)25-17)22-18(26-16)14-4-2-10(8-20)24-14/h1-6H. The molecular formula is C18H6N4S4. The monoisotopic (exact) mass is 406 g/mol. The fourth-order valence-electron chi connectivity index (χ4n) is 2.59. The van der Waals surface area contributed by atoms with Gasteiger partial charge >= 0.3 is 0 Å². The van der Waals surface area contributed by atoms with Crippen LogP contribution in [0.4, 0.5) is 0 Å². The third kappa shape index (κ3) is 2.52. The summed E-state index contributed by atoms with van der Waals surface area (Å²) in [7, 11) is 0. The predicted octanol–water partition coefficient (Wildman–Crippen LogP) is 6.11. The zero-order valence-corrected chi connectivity index (χ0v) is 16.2. The number of thiophene rings is 2. The number of thiazole rings is 2. The van der Waals surface area contributed by atoms with E-state index in [9.17, 15) is 0 Å². The minimum atomic E-state index is 0.694. The summed E-state index contributed by atoms with van der Waals surface area (Å²) in [6.07, 6.45) is 0. The first kappa shape index (κ1) is 15.6. The molecule has 0 N–H and O–H groups in total. The van der Waals surface area contributed by atoms with E-state index in [0.717, 1.165) is 40.2 Å². The van der Waals surface area contributed by atoms with Crippen molar-refractivity contribution >= 4 is 65.8 Å². The van der Waals surface area contributed by atoms with Crippen LogP contribution in [0.5, 0.6) is 0 Å². The lowest BCUT2D eigenvalue weighted by atomic mass is 10.3. The Hall–Kier alpha value is -2.62. The number of aromatic nitrogens is 2. The van der Waals surface area contributed by atoms with Crippen molar-refractivity contribution in [3.63, 3.8) is 0 Å². The summed E-state index contributed by atoms with van der Waals surface area (Å²) in [5.74, 6) is 0. The molecule has 0 spiro atoms. The quantitative estimate of drug-likeness (QED) is 0.355. The van der Waals surface area contributed by atoms with E-state index < -0.39 is 0 Å². The average molecular weight is 407 g/mol. The Morgan fingerprint density at radius 3 is 1.50 bits per heavy atom. The summed E-state index contributed by atoms with van der Waals surface area (Å²) in [6, 6.07) is 16.0. The van der Waals surface area contributed by atoms with Crippen molar-refractivity contribution < 1.29 is 0 Å². The van der Waals surface area contributed by atoms with Gasteiger partial charge in [-0.3, -0.25) is 0 Å². The highest BCUT2D eigenvalue weighted by Crippen LogP contribution is 2.39. The molecule has 0 saturated carbocycles. The van der Waals surface area contributed by atoms with E-state index >= 15 is 0 Å². The maximum atomic E-state index is 9.00. The zero-order valence-electron chi connectivity index (χ0n) is 12.9. The van der Waals surface area contributed by atoms with Gasteiger partial charge in [0.2, 0.25) is 0 Å². The number of fused-ring (bicyclic) bond motifs is 2. The summed E-state index contributed by atoms with van der Waals surface area (Å²) in [6.45, 7) is 0. The van der Waals surface area contributed by atoms with Crippen LogP contribution in [0.3, 0.4) is 0 Å². The molecule has 0 saturated heterocycles. The van der Waals surface area contributed by atoms with Crippen molar-refractivity contribution in [1.29, 1.82) is 10.5 Å². The molecule has 0 atom stereocenters. The highest BCUT2D eigenvalue weighted by Gasteiger charge is 2.14. The molecule has 0 bridgehead atoms. The van der Waals surface area contributed by atoms with Gasteiger partial charge in [0.15, 0.2) is 0 Å². The van der Waals surface area contributed by atoms with Gasteiger partial charge in [0.25, 0.3) is 0 Å². The van der Waals surface area contributed by atoms with E-state index in [-0.39, 0.29) is 0 Å². The molecule has 0 amide bonds. The molecule has 0 unspecified atom stereocenters. The maximum Gasteiger partial charge on any atom is 0.134 e. The van der Waals surface area contributed by atoms with Crippen molar-refractivity contribution in [3.05, 3.63) is 46.2 Å². The second-order valence-corrected chi connectivity index (χ2v) is 9.61.